The lowest BCUT2D eigenvalue weighted by atomic mass is 10.2. The Kier molecular flexibility index (Phi) is 4.66. The van der Waals surface area contributed by atoms with Crippen LogP contribution in [0.25, 0.3) is 11.0 Å². The van der Waals surface area contributed by atoms with Crippen molar-refractivity contribution in [1.82, 2.24) is 14.8 Å². The van der Waals surface area contributed by atoms with E-state index in [1.54, 1.807) is 29.2 Å². The Balaban J connectivity index is 1.89. The topological polar surface area (TPSA) is 103 Å². The van der Waals surface area contributed by atoms with Gasteiger partial charge in [0.1, 0.15) is 0 Å². The number of aromatic nitrogens is 3. The van der Waals surface area contributed by atoms with E-state index in [2.05, 4.69) is 15.4 Å². The lowest BCUT2D eigenvalue weighted by Gasteiger charge is -2.08. The highest BCUT2D eigenvalue weighted by Crippen LogP contribution is 2.22. The number of amides is 1. The van der Waals surface area contributed by atoms with Crippen molar-refractivity contribution in [3.8, 4) is 0 Å². The molecule has 8 nitrogen and oxygen atoms in total. The van der Waals surface area contributed by atoms with E-state index >= 15 is 0 Å². The third-order valence-corrected chi connectivity index (χ3v) is 4.53. The van der Waals surface area contributed by atoms with E-state index < -0.39 is 10.8 Å². The maximum Gasteiger partial charge on any atom is 0.270 e. The van der Waals surface area contributed by atoms with Crippen molar-refractivity contribution in [2.45, 2.75) is 19.9 Å². The zero-order chi connectivity index (χ0) is 18.1. The van der Waals surface area contributed by atoms with Crippen molar-refractivity contribution in [3.63, 3.8) is 0 Å². The van der Waals surface area contributed by atoms with Gasteiger partial charge in [-0.1, -0.05) is 0 Å². The number of pyridine rings is 1. The first-order valence-corrected chi connectivity index (χ1v) is 8.53. The maximum atomic E-state index is 12.5. The third-order valence-electron chi connectivity index (χ3n) is 3.59. The number of anilines is 1. The van der Waals surface area contributed by atoms with Crippen LogP contribution in [0.15, 0.2) is 36.7 Å². The van der Waals surface area contributed by atoms with Crippen LogP contribution in [0.5, 0.6) is 0 Å². The number of carbonyl (C=O) groups is 1. The minimum Gasteiger partial charge on any atom is -0.321 e. The van der Waals surface area contributed by atoms with Crippen molar-refractivity contribution >= 4 is 50.9 Å². The molecule has 25 heavy (non-hydrogen) atoms. The molecular formula is C16H14IN5O3. The molecule has 1 amide bonds. The zero-order valence-corrected chi connectivity index (χ0v) is 15.6. The molecule has 1 N–H and O–H groups in total. The number of carbonyl (C=O) groups excluding carboxylic acids is 1. The Morgan fingerprint density at radius 1 is 1.32 bits per heavy atom. The van der Waals surface area contributed by atoms with Crippen molar-refractivity contribution < 1.29 is 9.72 Å². The quantitative estimate of drug-likeness (QED) is 0.370. The number of nitrogens with one attached hydrogen (secondary N) is 1. The molecule has 0 saturated carbocycles. The Morgan fingerprint density at radius 2 is 2.08 bits per heavy atom. The van der Waals surface area contributed by atoms with Crippen LogP contribution in [0.3, 0.4) is 0 Å². The molecule has 0 atom stereocenters. The molecule has 2 heterocycles. The zero-order valence-electron chi connectivity index (χ0n) is 13.4. The number of fused-ring (bicyclic) bond motifs is 1. The van der Waals surface area contributed by atoms with E-state index in [1.165, 1.54) is 12.1 Å². The van der Waals surface area contributed by atoms with Crippen molar-refractivity contribution in [2.24, 2.45) is 0 Å². The average Bonchev–Trinajstić information content (AvgIpc) is 2.98. The summed E-state index contributed by atoms with van der Waals surface area (Å²) >= 11 is 1.97. The van der Waals surface area contributed by atoms with E-state index in [1.807, 2.05) is 36.4 Å². The first-order chi connectivity index (χ1) is 11.9. The number of hydrogen-bond donors (Lipinski definition) is 1. The molecule has 0 aliphatic heterocycles. The molecule has 0 saturated heterocycles. The monoisotopic (exact) mass is 451 g/mol. The second-order valence-electron chi connectivity index (χ2n) is 5.70. The number of hydrogen-bond acceptors (Lipinski definition) is 5. The van der Waals surface area contributed by atoms with Gasteiger partial charge in [0, 0.05) is 27.1 Å². The van der Waals surface area contributed by atoms with Gasteiger partial charge in [0.2, 0.25) is 0 Å². The summed E-state index contributed by atoms with van der Waals surface area (Å²) in [7, 11) is 0. The highest BCUT2D eigenvalue weighted by Gasteiger charge is 2.16. The lowest BCUT2D eigenvalue weighted by molar-refractivity contribution is -0.384. The summed E-state index contributed by atoms with van der Waals surface area (Å²) in [5.41, 5.74) is 1.35. The number of nitro benzene ring substituents is 1. The van der Waals surface area contributed by atoms with E-state index in [9.17, 15) is 14.9 Å². The predicted molar refractivity (Wildman–Crippen MR) is 102 cm³/mol. The van der Waals surface area contributed by atoms with Crippen LogP contribution in [-0.2, 0) is 0 Å². The number of nitro groups is 1. The largest absolute Gasteiger partial charge is 0.321 e. The normalized spacial score (nSPS) is 11.0. The first kappa shape index (κ1) is 17.3. The van der Waals surface area contributed by atoms with Gasteiger partial charge in [-0.25, -0.2) is 9.67 Å². The molecule has 0 bridgehead atoms. The molecule has 9 heteroatoms. The summed E-state index contributed by atoms with van der Waals surface area (Å²) in [6.45, 7) is 4.02. The van der Waals surface area contributed by atoms with Crippen LogP contribution < -0.4 is 5.32 Å². The van der Waals surface area contributed by atoms with E-state index in [0.29, 0.717) is 9.26 Å². The van der Waals surface area contributed by atoms with Gasteiger partial charge in [-0.15, -0.1) is 0 Å². The summed E-state index contributed by atoms with van der Waals surface area (Å²) in [5, 5.41) is 18.7. The Bertz CT molecular complexity index is 983. The van der Waals surface area contributed by atoms with Crippen molar-refractivity contribution in [3.05, 3.63) is 55.9 Å². The molecule has 0 aliphatic carbocycles. The predicted octanol–water partition coefficient (Wildman–Crippen LogP) is 3.78. The third kappa shape index (κ3) is 3.45. The van der Waals surface area contributed by atoms with Gasteiger partial charge >= 0.3 is 0 Å². The van der Waals surface area contributed by atoms with Gasteiger partial charge in [0.05, 0.1) is 28.6 Å². The minimum absolute atomic E-state index is 0.127. The van der Waals surface area contributed by atoms with Gasteiger partial charge in [0.25, 0.3) is 11.6 Å². The van der Waals surface area contributed by atoms with Crippen LogP contribution in [0.2, 0.25) is 0 Å². The molecule has 0 spiro atoms. The second kappa shape index (κ2) is 6.75. The van der Waals surface area contributed by atoms with Gasteiger partial charge < -0.3 is 5.32 Å². The summed E-state index contributed by atoms with van der Waals surface area (Å²) in [6, 6.07) is 6.13. The second-order valence-corrected chi connectivity index (χ2v) is 6.86. The number of halogens is 1. The fourth-order valence-corrected chi connectivity index (χ4v) is 2.97. The summed E-state index contributed by atoms with van der Waals surface area (Å²) in [5.74, 6) is -0.425. The Hall–Kier alpha value is -2.56. The average molecular weight is 451 g/mol. The Labute approximate surface area is 156 Å². The number of non-ortho nitro benzene ring substituents is 1. The molecule has 3 aromatic rings. The molecular weight excluding hydrogens is 437 g/mol. The molecule has 0 radical (unpaired) electrons. The maximum absolute atomic E-state index is 12.5. The molecule has 0 unspecified atom stereocenters. The van der Waals surface area contributed by atoms with Crippen LogP contribution in [0.1, 0.15) is 30.2 Å². The molecule has 0 fully saturated rings. The summed E-state index contributed by atoms with van der Waals surface area (Å²) in [6.07, 6.45) is 3.24. The smallest absolute Gasteiger partial charge is 0.270 e. The van der Waals surface area contributed by atoms with Crippen LogP contribution in [-0.4, -0.2) is 25.6 Å². The van der Waals surface area contributed by atoms with E-state index in [-0.39, 0.29) is 17.3 Å². The number of nitrogens with zero attached hydrogens (tertiary/aromatic N) is 4. The number of benzene rings is 1. The van der Waals surface area contributed by atoms with Gasteiger partial charge in [0.15, 0.2) is 5.65 Å². The van der Waals surface area contributed by atoms with Crippen LogP contribution in [0.4, 0.5) is 11.4 Å². The fraction of sp³-hybridized carbons (Fsp3) is 0.188. The fourth-order valence-electron chi connectivity index (χ4n) is 2.39. The summed E-state index contributed by atoms with van der Waals surface area (Å²) in [4.78, 5) is 27.2. The first-order valence-electron chi connectivity index (χ1n) is 7.45. The number of rotatable bonds is 4. The van der Waals surface area contributed by atoms with Gasteiger partial charge in [-0.3, -0.25) is 14.9 Å². The molecule has 3 rings (SSSR count). The highest BCUT2D eigenvalue weighted by molar-refractivity contribution is 14.1. The molecule has 128 valence electrons. The molecule has 0 aliphatic rings. The van der Waals surface area contributed by atoms with Gasteiger partial charge in [-0.2, -0.15) is 5.10 Å². The van der Waals surface area contributed by atoms with E-state index in [4.69, 9.17) is 0 Å². The van der Waals surface area contributed by atoms with Crippen molar-refractivity contribution in [1.29, 1.82) is 0 Å². The van der Waals surface area contributed by atoms with Crippen molar-refractivity contribution in [2.75, 3.05) is 5.32 Å². The Morgan fingerprint density at radius 3 is 2.76 bits per heavy atom. The highest BCUT2D eigenvalue weighted by atomic mass is 127. The standard InChI is InChI=1S/C16H14IN5O3/c1-9(2)21-15-10(7-19-21)5-11(8-18-15)20-16(23)13-6-12(22(24)25)3-4-14(13)17/h3-9H,1-2H3,(H,20,23). The van der Waals surface area contributed by atoms with Gasteiger partial charge in [-0.05, 0) is 48.6 Å². The minimum atomic E-state index is -0.527. The lowest BCUT2D eigenvalue weighted by Crippen LogP contribution is -2.14. The molecule has 1 aromatic carbocycles. The SMILES string of the molecule is CC(C)n1ncc2cc(NC(=O)c3cc([N+](=O)[O-])ccc3I)cnc21. The van der Waals surface area contributed by atoms with E-state index in [0.717, 1.165) is 11.0 Å². The summed E-state index contributed by atoms with van der Waals surface area (Å²) < 4.78 is 2.42. The molecule has 2 aromatic heterocycles. The van der Waals surface area contributed by atoms with Crippen LogP contribution >= 0.6 is 22.6 Å². The van der Waals surface area contributed by atoms with Crippen LogP contribution in [0, 0.1) is 13.7 Å².